The lowest BCUT2D eigenvalue weighted by Gasteiger charge is -2.27. The van der Waals surface area contributed by atoms with Gasteiger partial charge in [-0.15, -0.1) is 0 Å². The highest BCUT2D eigenvalue weighted by atomic mass is 32.2. The highest BCUT2D eigenvalue weighted by molar-refractivity contribution is 7.99. The Morgan fingerprint density at radius 1 is 1.07 bits per heavy atom. The number of fused-ring (bicyclic) bond motifs is 2. The van der Waals surface area contributed by atoms with E-state index in [0.29, 0.717) is 24.0 Å². The molecule has 2 rings (SSSR count). The van der Waals surface area contributed by atoms with Crippen molar-refractivity contribution < 1.29 is 14.6 Å². The van der Waals surface area contributed by atoms with Crippen LogP contribution in [-0.2, 0) is 9.53 Å². The molecule has 160 valence electrons. The molecule has 0 aromatic rings. The third kappa shape index (κ3) is 7.94. The number of hydrogen-bond acceptors (Lipinski definition) is 3. The molecule has 0 saturated carbocycles. The molecule has 3 nitrogen and oxygen atoms in total. The second-order valence-corrected chi connectivity index (χ2v) is 9.44. The first-order chi connectivity index (χ1) is 13.7. The Hall–Kier alpha value is -0.740. The van der Waals surface area contributed by atoms with Gasteiger partial charge in [-0.25, -0.2) is 0 Å². The van der Waals surface area contributed by atoms with E-state index in [-0.39, 0.29) is 6.42 Å². The molecule has 0 amide bonds. The van der Waals surface area contributed by atoms with Gasteiger partial charge in [-0.05, 0) is 74.7 Å². The van der Waals surface area contributed by atoms with Gasteiger partial charge in [0.25, 0.3) is 0 Å². The average molecular weight is 409 g/mol. The summed E-state index contributed by atoms with van der Waals surface area (Å²) in [5.41, 5.74) is 1.63. The molecule has 2 saturated heterocycles. The van der Waals surface area contributed by atoms with Gasteiger partial charge >= 0.3 is 5.97 Å². The summed E-state index contributed by atoms with van der Waals surface area (Å²) in [6.45, 7) is 4.54. The summed E-state index contributed by atoms with van der Waals surface area (Å²) >= 11 is 2.12. The van der Waals surface area contributed by atoms with E-state index in [1.54, 1.807) is 5.57 Å². The predicted molar refractivity (Wildman–Crippen MR) is 120 cm³/mol. The Morgan fingerprint density at radius 2 is 1.86 bits per heavy atom. The summed E-state index contributed by atoms with van der Waals surface area (Å²) in [5, 5.41) is 8.71. The molecule has 0 aromatic heterocycles. The maximum absolute atomic E-state index is 10.6. The molecular formula is C24H40O3S. The Kier molecular flexibility index (Phi) is 11.3. The topological polar surface area (TPSA) is 46.5 Å². The lowest BCUT2D eigenvalue weighted by molar-refractivity contribution is -0.137. The number of carbonyl (C=O) groups is 1. The number of thioether (sulfide) groups is 1. The summed E-state index contributed by atoms with van der Waals surface area (Å²) in [5.74, 6) is 3.12. The van der Waals surface area contributed by atoms with Crippen molar-refractivity contribution in [2.75, 3.05) is 11.5 Å². The highest BCUT2D eigenvalue weighted by Crippen LogP contribution is 2.46. The quantitative estimate of drug-likeness (QED) is 0.244. The molecule has 0 aliphatic carbocycles. The molecule has 2 bridgehead atoms. The largest absolute Gasteiger partial charge is 0.481 e. The summed E-state index contributed by atoms with van der Waals surface area (Å²) in [6.07, 6.45) is 19.6. The van der Waals surface area contributed by atoms with Crippen LogP contribution in [0.1, 0.15) is 84.5 Å². The zero-order valence-corrected chi connectivity index (χ0v) is 18.7. The lowest BCUT2D eigenvalue weighted by atomic mass is 9.78. The fourth-order valence-corrected chi connectivity index (χ4v) is 5.83. The maximum atomic E-state index is 10.6. The number of hydrogen-bond donors (Lipinski definition) is 1. The van der Waals surface area contributed by atoms with E-state index in [2.05, 4.69) is 43.8 Å². The normalized spacial score (nSPS) is 27.1. The van der Waals surface area contributed by atoms with Crippen LogP contribution in [0.15, 0.2) is 23.8 Å². The molecule has 28 heavy (non-hydrogen) atoms. The Morgan fingerprint density at radius 3 is 2.57 bits per heavy atom. The summed E-state index contributed by atoms with van der Waals surface area (Å²) < 4.78 is 6.24. The molecule has 1 N–H and O–H groups in total. The van der Waals surface area contributed by atoms with E-state index < -0.39 is 5.97 Å². The zero-order chi connectivity index (χ0) is 20.2. The van der Waals surface area contributed by atoms with Gasteiger partial charge in [0.2, 0.25) is 0 Å². The maximum Gasteiger partial charge on any atom is 0.303 e. The van der Waals surface area contributed by atoms with E-state index in [0.717, 1.165) is 19.3 Å². The first kappa shape index (κ1) is 23.5. The van der Waals surface area contributed by atoms with E-state index in [1.165, 1.54) is 56.5 Å². The number of ether oxygens (including phenoxy) is 1. The molecule has 2 heterocycles. The van der Waals surface area contributed by atoms with Gasteiger partial charge in [-0.1, -0.05) is 50.5 Å². The van der Waals surface area contributed by atoms with Crippen LogP contribution in [0.25, 0.3) is 0 Å². The van der Waals surface area contributed by atoms with Crippen molar-refractivity contribution in [2.24, 2.45) is 11.8 Å². The smallest absolute Gasteiger partial charge is 0.303 e. The van der Waals surface area contributed by atoms with Crippen LogP contribution in [-0.4, -0.2) is 34.8 Å². The number of allylic oxidation sites excluding steroid dienone is 4. The third-order valence-electron chi connectivity index (χ3n) is 6.25. The van der Waals surface area contributed by atoms with E-state index in [9.17, 15) is 4.79 Å². The zero-order valence-electron chi connectivity index (χ0n) is 17.9. The highest BCUT2D eigenvalue weighted by Gasteiger charge is 2.47. The van der Waals surface area contributed by atoms with Gasteiger partial charge < -0.3 is 9.84 Å². The summed E-state index contributed by atoms with van der Waals surface area (Å²) in [6, 6.07) is 0. The number of aliphatic carboxylic acids is 1. The Balaban J connectivity index is 1.69. The SMILES string of the molecule is CCCCC=C(CC)CCSC[C@H]1[C@@H](CC=CCCCC(=O)O)[C@H]2CC[C@@H]1O2. The average Bonchev–Trinajstić information content (AvgIpc) is 3.28. The molecular weight excluding hydrogens is 368 g/mol. The minimum Gasteiger partial charge on any atom is -0.481 e. The van der Waals surface area contributed by atoms with Crippen LogP contribution in [0, 0.1) is 11.8 Å². The number of unbranched alkanes of at least 4 members (excludes halogenated alkanes) is 3. The van der Waals surface area contributed by atoms with Crippen LogP contribution in [0.4, 0.5) is 0 Å². The van der Waals surface area contributed by atoms with Gasteiger partial charge in [0, 0.05) is 6.42 Å². The summed E-state index contributed by atoms with van der Waals surface area (Å²) in [7, 11) is 0. The lowest BCUT2D eigenvalue weighted by Crippen LogP contribution is -2.28. The molecule has 2 fully saturated rings. The molecule has 2 aliphatic heterocycles. The molecule has 0 unspecified atom stereocenters. The van der Waals surface area contributed by atoms with Crippen molar-refractivity contribution >= 4 is 17.7 Å². The van der Waals surface area contributed by atoms with Gasteiger partial charge in [0.15, 0.2) is 0 Å². The van der Waals surface area contributed by atoms with E-state index >= 15 is 0 Å². The second kappa shape index (κ2) is 13.5. The fraction of sp³-hybridized carbons (Fsp3) is 0.792. The number of carboxylic acid groups (broad SMARTS) is 1. The van der Waals surface area contributed by atoms with Crippen molar-refractivity contribution in [1.29, 1.82) is 0 Å². The number of carboxylic acids is 1. The van der Waals surface area contributed by atoms with Gasteiger partial charge in [-0.3, -0.25) is 4.79 Å². The van der Waals surface area contributed by atoms with Crippen molar-refractivity contribution in [2.45, 2.75) is 96.7 Å². The fourth-order valence-electron chi connectivity index (χ4n) is 4.53. The van der Waals surface area contributed by atoms with Crippen molar-refractivity contribution in [3.05, 3.63) is 23.8 Å². The van der Waals surface area contributed by atoms with Crippen LogP contribution in [0.5, 0.6) is 0 Å². The van der Waals surface area contributed by atoms with Crippen LogP contribution >= 0.6 is 11.8 Å². The van der Waals surface area contributed by atoms with Gasteiger partial charge in [0.05, 0.1) is 12.2 Å². The van der Waals surface area contributed by atoms with Crippen molar-refractivity contribution in [3.63, 3.8) is 0 Å². The molecule has 4 heteroatoms. The van der Waals surface area contributed by atoms with Crippen LogP contribution in [0.2, 0.25) is 0 Å². The second-order valence-electron chi connectivity index (χ2n) is 8.29. The molecule has 0 radical (unpaired) electrons. The van der Waals surface area contributed by atoms with E-state index in [1.807, 2.05) is 0 Å². The van der Waals surface area contributed by atoms with E-state index in [4.69, 9.17) is 9.84 Å². The van der Waals surface area contributed by atoms with Crippen LogP contribution < -0.4 is 0 Å². The Bertz CT molecular complexity index is 514. The van der Waals surface area contributed by atoms with Crippen LogP contribution in [0.3, 0.4) is 0 Å². The third-order valence-corrected chi connectivity index (χ3v) is 7.36. The molecule has 0 aromatic carbocycles. The standard InChI is InChI=1S/C24H40O3S/c1-3-5-8-11-19(4-2)16-17-28-18-21-20(22-14-15-23(21)27-22)12-9-6-7-10-13-24(25)26/h6,9,11,20-23H,3-5,7-8,10,12-18H2,1-2H3,(H,25,26)/t20-,21+,22-,23+/m1/s1. The van der Waals surface area contributed by atoms with Crippen molar-refractivity contribution in [3.8, 4) is 0 Å². The first-order valence-corrected chi connectivity index (χ1v) is 12.6. The minimum absolute atomic E-state index is 0.271. The van der Waals surface area contributed by atoms with Gasteiger partial charge in [0.1, 0.15) is 0 Å². The minimum atomic E-state index is -0.696. The summed E-state index contributed by atoms with van der Waals surface area (Å²) in [4.78, 5) is 10.6. The predicted octanol–water partition coefficient (Wildman–Crippen LogP) is 6.63. The molecule has 4 atom stereocenters. The number of rotatable bonds is 15. The monoisotopic (exact) mass is 408 g/mol. The van der Waals surface area contributed by atoms with Crippen molar-refractivity contribution in [1.82, 2.24) is 0 Å². The molecule has 2 aliphatic rings. The Labute approximate surface area is 176 Å². The first-order valence-electron chi connectivity index (χ1n) is 11.4. The molecule has 0 spiro atoms. The van der Waals surface area contributed by atoms with Gasteiger partial charge in [-0.2, -0.15) is 11.8 Å².